The number of anilines is 2. The number of rotatable bonds is 4. The number of aliphatic hydroxyl groups excluding tert-OH is 1. The summed E-state index contributed by atoms with van der Waals surface area (Å²) in [5.74, 6) is 2.43. The van der Waals surface area contributed by atoms with Gasteiger partial charge in [0, 0.05) is 31.2 Å². The number of aliphatic hydroxyl groups is 1. The van der Waals surface area contributed by atoms with Crippen LogP contribution in [0.2, 0.25) is 0 Å². The van der Waals surface area contributed by atoms with Crippen molar-refractivity contribution < 1.29 is 9.84 Å². The van der Waals surface area contributed by atoms with E-state index in [-0.39, 0.29) is 12.6 Å². The topological polar surface area (TPSA) is 70.5 Å². The zero-order valence-corrected chi connectivity index (χ0v) is 13.5. The fourth-order valence-corrected chi connectivity index (χ4v) is 4.46. The molecule has 6 heteroatoms. The van der Waals surface area contributed by atoms with Crippen LogP contribution in [-0.2, 0) is 4.74 Å². The lowest BCUT2D eigenvalue weighted by Crippen LogP contribution is -2.38. The average molecular weight is 318 g/mol. The van der Waals surface area contributed by atoms with Crippen molar-refractivity contribution in [3.05, 3.63) is 12.4 Å². The molecule has 4 rings (SSSR count). The molecule has 6 nitrogen and oxygen atoms in total. The Morgan fingerprint density at radius 2 is 2.17 bits per heavy atom. The van der Waals surface area contributed by atoms with Crippen LogP contribution in [0.5, 0.6) is 0 Å². The largest absolute Gasteiger partial charge is 0.394 e. The zero-order valence-electron chi connectivity index (χ0n) is 13.5. The van der Waals surface area contributed by atoms with Gasteiger partial charge in [0.05, 0.1) is 18.8 Å². The van der Waals surface area contributed by atoms with Gasteiger partial charge in [0.25, 0.3) is 0 Å². The van der Waals surface area contributed by atoms with Crippen molar-refractivity contribution in [3.8, 4) is 0 Å². The van der Waals surface area contributed by atoms with Crippen molar-refractivity contribution in [3.63, 3.8) is 0 Å². The van der Waals surface area contributed by atoms with Gasteiger partial charge in [-0.1, -0.05) is 0 Å². The lowest BCUT2D eigenvalue weighted by molar-refractivity contribution is 0.0619. The fraction of sp³-hybridized carbons (Fsp3) is 0.765. The maximum Gasteiger partial charge on any atom is 0.134 e. The van der Waals surface area contributed by atoms with Crippen LogP contribution in [0.1, 0.15) is 38.5 Å². The first-order chi connectivity index (χ1) is 11.3. The highest BCUT2D eigenvalue weighted by atomic mass is 16.5. The third-order valence-electron chi connectivity index (χ3n) is 5.65. The fourth-order valence-electron chi connectivity index (χ4n) is 4.46. The van der Waals surface area contributed by atoms with Gasteiger partial charge in [-0.15, -0.1) is 0 Å². The van der Waals surface area contributed by atoms with Gasteiger partial charge in [0.1, 0.15) is 18.0 Å². The van der Waals surface area contributed by atoms with Gasteiger partial charge >= 0.3 is 0 Å². The molecule has 0 bridgehead atoms. The minimum absolute atomic E-state index is 0.191. The second-order valence-corrected chi connectivity index (χ2v) is 6.98. The second-order valence-electron chi connectivity index (χ2n) is 6.98. The second kappa shape index (κ2) is 6.61. The Morgan fingerprint density at radius 1 is 1.22 bits per heavy atom. The van der Waals surface area contributed by atoms with Crippen molar-refractivity contribution in [2.24, 2.45) is 5.92 Å². The Labute approximate surface area is 137 Å². The highest BCUT2D eigenvalue weighted by Crippen LogP contribution is 2.36. The van der Waals surface area contributed by atoms with Gasteiger partial charge < -0.3 is 20.1 Å². The Balaban J connectivity index is 1.48. The number of nitrogens with one attached hydrogen (secondary N) is 1. The van der Waals surface area contributed by atoms with Gasteiger partial charge in [-0.3, -0.25) is 0 Å². The van der Waals surface area contributed by atoms with Crippen LogP contribution < -0.4 is 10.2 Å². The summed E-state index contributed by atoms with van der Waals surface area (Å²) in [6, 6.07) is 2.68. The predicted octanol–water partition coefficient (Wildman–Crippen LogP) is 1.81. The first-order valence-electron chi connectivity index (χ1n) is 8.93. The van der Waals surface area contributed by atoms with Gasteiger partial charge in [0.15, 0.2) is 0 Å². The van der Waals surface area contributed by atoms with Crippen LogP contribution in [0, 0.1) is 5.92 Å². The van der Waals surface area contributed by atoms with Gasteiger partial charge in [-0.05, 0) is 38.5 Å². The van der Waals surface area contributed by atoms with Crippen LogP contribution in [0.25, 0.3) is 0 Å². The van der Waals surface area contributed by atoms with Crippen LogP contribution in [0.3, 0.4) is 0 Å². The van der Waals surface area contributed by atoms with E-state index >= 15 is 0 Å². The van der Waals surface area contributed by atoms with Gasteiger partial charge in [-0.25, -0.2) is 9.97 Å². The van der Waals surface area contributed by atoms with Crippen LogP contribution in [0.15, 0.2) is 12.4 Å². The van der Waals surface area contributed by atoms with Crippen molar-refractivity contribution >= 4 is 11.6 Å². The number of fused-ring (bicyclic) bond motifs is 1. The zero-order chi connectivity index (χ0) is 15.6. The first-order valence-corrected chi connectivity index (χ1v) is 8.93. The third-order valence-corrected chi connectivity index (χ3v) is 5.65. The third kappa shape index (κ3) is 3.02. The molecule has 1 aromatic heterocycles. The molecule has 2 N–H and O–H groups in total. The van der Waals surface area contributed by atoms with E-state index in [4.69, 9.17) is 4.74 Å². The molecule has 4 unspecified atom stereocenters. The summed E-state index contributed by atoms with van der Waals surface area (Å²) < 4.78 is 5.85. The molecular formula is C17H26N4O2. The molecule has 3 fully saturated rings. The maximum absolute atomic E-state index is 9.52. The molecule has 1 aromatic rings. The number of hydrogen-bond acceptors (Lipinski definition) is 6. The van der Waals surface area contributed by atoms with Crippen molar-refractivity contribution in [2.75, 3.05) is 30.0 Å². The molecular weight excluding hydrogens is 292 g/mol. The quantitative estimate of drug-likeness (QED) is 0.882. The smallest absolute Gasteiger partial charge is 0.134 e. The number of hydrogen-bond donors (Lipinski definition) is 2. The van der Waals surface area contributed by atoms with E-state index in [9.17, 15) is 5.11 Å². The minimum Gasteiger partial charge on any atom is -0.394 e. The Bertz CT molecular complexity index is 541. The lowest BCUT2D eigenvalue weighted by Gasteiger charge is -2.33. The molecule has 3 aliphatic rings. The van der Waals surface area contributed by atoms with Crippen molar-refractivity contribution in [1.29, 1.82) is 0 Å². The average Bonchev–Trinajstić information content (AvgIpc) is 3.24. The first kappa shape index (κ1) is 15.1. The van der Waals surface area contributed by atoms with E-state index in [0.717, 1.165) is 44.0 Å². The normalized spacial score (nSPS) is 33.7. The monoisotopic (exact) mass is 318 g/mol. The lowest BCUT2D eigenvalue weighted by atomic mass is 9.82. The Morgan fingerprint density at radius 3 is 3.09 bits per heavy atom. The van der Waals surface area contributed by atoms with Crippen LogP contribution in [-0.4, -0.2) is 53.0 Å². The summed E-state index contributed by atoms with van der Waals surface area (Å²) >= 11 is 0. The molecule has 0 spiro atoms. The van der Waals surface area contributed by atoms with E-state index in [1.54, 1.807) is 6.33 Å². The van der Waals surface area contributed by atoms with E-state index < -0.39 is 0 Å². The van der Waals surface area contributed by atoms with Gasteiger partial charge in [-0.2, -0.15) is 0 Å². The molecule has 2 saturated heterocycles. The molecule has 0 amide bonds. The Hall–Kier alpha value is -1.40. The van der Waals surface area contributed by atoms with E-state index in [1.165, 1.54) is 19.3 Å². The van der Waals surface area contributed by atoms with E-state index in [1.807, 2.05) is 6.07 Å². The van der Waals surface area contributed by atoms with E-state index in [0.29, 0.717) is 18.1 Å². The highest BCUT2D eigenvalue weighted by Gasteiger charge is 2.37. The molecule has 1 saturated carbocycles. The summed E-state index contributed by atoms with van der Waals surface area (Å²) in [6.45, 7) is 2.05. The Kier molecular flexibility index (Phi) is 4.35. The van der Waals surface area contributed by atoms with E-state index in [2.05, 4.69) is 20.2 Å². The van der Waals surface area contributed by atoms with Crippen molar-refractivity contribution in [1.82, 2.24) is 9.97 Å². The summed E-state index contributed by atoms with van der Waals surface area (Å²) in [6.07, 6.45) is 8.97. The summed E-state index contributed by atoms with van der Waals surface area (Å²) in [5, 5.41) is 13.1. The minimum atomic E-state index is 0.191. The molecule has 3 heterocycles. The molecule has 1 aliphatic carbocycles. The molecule has 0 radical (unpaired) electrons. The molecule has 126 valence electrons. The molecule has 4 atom stereocenters. The number of nitrogens with zero attached hydrogens (tertiary/aromatic N) is 3. The summed E-state index contributed by atoms with van der Waals surface area (Å²) in [4.78, 5) is 11.0. The van der Waals surface area contributed by atoms with Crippen molar-refractivity contribution in [2.45, 2.75) is 56.7 Å². The van der Waals surface area contributed by atoms with Gasteiger partial charge in [0.2, 0.25) is 0 Å². The molecule has 2 aliphatic heterocycles. The summed E-state index contributed by atoms with van der Waals surface area (Å²) in [5.41, 5.74) is 0. The van der Waals surface area contributed by atoms with Crippen LogP contribution >= 0.6 is 0 Å². The SMILES string of the molecule is OCC1CCCN1c1cc(NC2CCCC3OCCC23)ncn1. The number of aromatic nitrogens is 2. The molecule has 0 aromatic carbocycles. The maximum atomic E-state index is 9.52. The molecule has 23 heavy (non-hydrogen) atoms. The standard InChI is InChI=1S/C17H26N4O2/c22-10-12-3-2-7-21(12)17-9-16(18-11-19-17)20-14-4-1-5-15-13(14)6-8-23-15/h9,11-15,22H,1-8,10H2,(H,18,19,20). The predicted molar refractivity (Wildman–Crippen MR) is 88.6 cm³/mol. The summed E-state index contributed by atoms with van der Waals surface area (Å²) in [7, 11) is 0. The highest BCUT2D eigenvalue weighted by molar-refractivity contribution is 5.50. The number of ether oxygens (including phenoxy) is 1. The van der Waals surface area contributed by atoms with Crippen LogP contribution in [0.4, 0.5) is 11.6 Å².